The number of carbonyl (C=O) groups excluding carboxylic acids is 3. The van der Waals surface area contributed by atoms with Gasteiger partial charge in [0, 0.05) is 37.1 Å². The standard InChI is InChI=1S/C29H50N7O18P3S/c1-4-6-17(37)7-5-8-20(39)58-12-11-31-19(38)9-10-32-27(42)24(41)29(2,3)14-51-57(48,49)54-56(46,47)50-13-18-23(53-55(43,44)45)22(40)28(52-18)36-16-35-21-25(30)33-15-34-26(21)36/h15-18,22-24,28,37,40-41H,4-14H2,1-3H3,(H,31,38)(H,32,42)(H,46,47)(H,48,49)(H2,30,33,34)(H2,43,44,45). The molecule has 0 saturated carbocycles. The topological polar surface area (TPSA) is 384 Å². The maximum atomic E-state index is 12.7. The van der Waals surface area contributed by atoms with Crippen molar-refractivity contribution in [2.45, 2.75) is 96.0 Å². The molecular formula is C29H50N7O18P3S. The van der Waals surface area contributed by atoms with Crippen LogP contribution in [0.2, 0.25) is 0 Å². The van der Waals surface area contributed by atoms with Gasteiger partial charge in [-0.2, -0.15) is 4.31 Å². The van der Waals surface area contributed by atoms with E-state index in [2.05, 4.69) is 34.4 Å². The second-order valence-corrected chi connectivity index (χ2v) is 19.0. The number of rotatable bonds is 25. The lowest BCUT2D eigenvalue weighted by molar-refractivity contribution is -0.137. The van der Waals surface area contributed by atoms with Crippen molar-refractivity contribution in [3.8, 4) is 0 Å². The Hall–Kier alpha value is -2.48. The third-order valence-electron chi connectivity index (χ3n) is 8.30. The minimum Gasteiger partial charge on any atom is -0.393 e. The van der Waals surface area contributed by atoms with Crippen molar-refractivity contribution in [1.82, 2.24) is 30.2 Å². The number of anilines is 1. The molecule has 8 atom stereocenters. The third kappa shape index (κ3) is 15.8. The van der Waals surface area contributed by atoms with Gasteiger partial charge in [0.2, 0.25) is 11.8 Å². The number of imidazole rings is 1. The molecule has 0 bridgehead atoms. The molecule has 0 aromatic carbocycles. The van der Waals surface area contributed by atoms with E-state index in [4.69, 9.17) is 19.5 Å². The van der Waals surface area contributed by atoms with E-state index in [1.165, 1.54) is 13.8 Å². The monoisotopic (exact) mass is 909 g/mol. The molecule has 8 unspecified atom stereocenters. The zero-order valence-electron chi connectivity index (χ0n) is 31.6. The summed E-state index contributed by atoms with van der Waals surface area (Å²) in [7, 11) is -16.4. The number of nitrogens with two attached hydrogens (primary N) is 1. The number of aliphatic hydroxyl groups excluding tert-OH is 3. The first-order chi connectivity index (χ1) is 26.9. The molecule has 29 heteroatoms. The van der Waals surface area contributed by atoms with E-state index in [0.29, 0.717) is 31.4 Å². The van der Waals surface area contributed by atoms with Crippen LogP contribution in [0.5, 0.6) is 0 Å². The van der Waals surface area contributed by atoms with Crippen LogP contribution < -0.4 is 16.4 Å². The quantitative estimate of drug-likeness (QED) is 0.0463. The zero-order chi connectivity index (χ0) is 43.5. The molecule has 25 nitrogen and oxygen atoms in total. The number of aromatic nitrogens is 4. The molecule has 3 heterocycles. The first-order valence-electron chi connectivity index (χ1n) is 17.7. The van der Waals surface area contributed by atoms with Gasteiger partial charge in [0.25, 0.3) is 0 Å². The first kappa shape index (κ1) is 49.9. The summed E-state index contributed by atoms with van der Waals surface area (Å²) in [5.74, 6) is -1.16. The summed E-state index contributed by atoms with van der Waals surface area (Å²) in [5.41, 5.74) is 4.25. The van der Waals surface area contributed by atoms with E-state index in [1.807, 2.05) is 6.92 Å². The van der Waals surface area contributed by atoms with Crippen LogP contribution in [0.1, 0.15) is 65.5 Å². The van der Waals surface area contributed by atoms with Gasteiger partial charge in [0.1, 0.15) is 36.3 Å². The van der Waals surface area contributed by atoms with Gasteiger partial charge in [-0.25, -0.2) is 28.6 Å². The average molecular weight is 910 g/mol. The number of thioether (sulfide) groups is 1. The van der Waals surface area contributed by atoms with Crippen molar-refractivity contribution in [1.29, 1.82) is 0 Å². The SMILES string of the molecule is CCCC(O)CCCC(=O)SCCNC(=O)CCNC(=O)C(O)C(C)(C)COP(=O)(O)OP(=O)(O)OCC1OC(n2cnc3c(N)ncnc32)C(O)C1OP(=O)(O)O. The molecule has 0 aliphatic carbocycles. The van der Waals surface area contributed by atoms with Gasteiger partial charge < -0.3 is 56.0 Å². The van der Waals surface area contributed by atoms with Gasteiger partial charge in [-0.05, 0) is 19.3 Å². The highest BCUT2D eigenvalue weighted by Gasteiger charge is 2.50. The number of hydrogen-bond acceptors (Lipinski definition) is 19. The van der Waals surface area contributed by atoms with Crippen LogP contribution in [0.3, 0.4) is 0 Å². The summed E-state index contributed by atoms with van der Waals surface area (Å²) in [6.07, 6.45) is -4.43. The molecule has 1 fully saturated rings. The third-order valence-corrected chi connectivity index (χ3v) is 12.3. The molecule has 11 N–H and O–H groups in total. The Bertz CT molecular complexity index is 1850. The van der Waals surface area contributed by atoms with Crippen molar-refractivity contribution >= 4 is 69.1 Å². The summed E-state index contributed by atoms with van der Waals surface area (Å²) in [5, 5.41) is 36.0. The van der Waals surface area contributed by atoms with Gasteiger partial charge in [-0.3, -0.25) is 32.5 Å². The number of amides is 2. The fraction of sp³-hybridized carbons (Fsp3) is 0.724. The van der Waals surface area contributed by atoms with Crippen LogP contribution >= 0.6 is 35.2 Å². The Kier molecular flexibility index (Phi) is 18.8. The molecular weight excluding hydrogens is 859 g/mol. The Labute approximate surface area is 336 Å². The van der Waals surface area contributed by atoms with Crippen LogP contribution in [0.15, 0.2) is 12.7 Å². The van der Waals surface area contributed by atoms with Crippen LogP contribution in [0.25, 0.3) is 11.2 Å². The lowest BCUT2D eigenvalue weighted by Gasteiger charge is -2.30. The second-order valence-electron chi connectivity index (χ2n) is 13.6. The first-order valence-corrected chi connectivity index (χ1v) is 23.2. The number of nitrogen functional groups attached to an aromatic ring is 1. The minimum atomic E-state index is -5.58. The number of aliphatic hydroxyl groups is 3. The molecule has 1 saturated heterocycles. The minimum absolute atomic E-state index is 0.0276. The largest absolute Gasteiger partial charge is 0.481 e. The van der Waals surface area contributed by atoms with Gasteiger partial charge in [0.15, 0.2) is 22.8 Å². The average Bonchev–Trinajstić information content (AvgIpc) is 3.68. The molecule has 58 heavy (non-hydrogen) atoms. The van der Waals surface area contributed by atoms with Crippen molar-refractivity contribution in [3.05, 3.63) is 12.7 Å². The number of nitrogens with zero attached hydrogens (tertiary/aromatic N) is 4. The Balaban J connectivity index is 1.44. The normalized spacial score (nSPS) is 21.9. The van der Waals surface area contributed by atoms with E-state index in [-0.39, 0.29) is 41.6 Å². The van der Waals surface area contributed by atoms with Crippen molar-refractivity contribution < 1.29 is 85.6 Å². The second kappa shape index (κ2) is 21.9. The van der Waals surface area contributed by atoms with Crippen LogP contribution in [0.4, 0.5) is 5.82 Å². The maximum Gasteiger partial charge on any atom is 0.481 e. The van der Waals surface area contributed by atoms with E-state index >= 15 is 0 Å². The number of nitrogens with one attached hydrogen (secondary N) is 2. The molecule has 3 rings (SSSR count). The predicted octanol–water partition coefficient (Wildman–Crippen LogP) is -0.00400. The predicted molar refractivity (Wildman–Crippen MR) is 202 cm³/mol. The van der Waals surface area contributed by atoms with Crippen molar-refractivity contribution in [2.75, 3.05) is 37.8 Å². The van der Waals surface area contributed by atoms with Crippen molar-refractivity contribution in [2.24, 2.45) is 5.41 Å². The highest BCUT2D eigenvalue weighted by atomic mass is 32.2. The summed E-state index contributed by atoms with van der Waals surface area (Å²) in [6, 6.07) is 0. The Morgan fingerprint density at radius 2 is 1.71 bits per heavy atom. The summed E-state index contributed by atoms with van der Waals surface area (Å²) in [6.45, 7) is 2.40. The van der Waals surface area contributed by atoms with Gasteiger partial charge in [-0.15, -0.1) is 0 Å². The van der Waals surface area contributed by atoms with Crippen LogP contribution in [0, 0.1) is 5.41 Å². The van der Waals surface area contributed by atoms with Gasteiger partial charge in [-0.1, -0.05) is 39.0 Å². The number of phosphoric ester groups is 3. The Morgan fingerprint density at radius 1 is 1.02 bits per heavy atom. The van der Waals surface area contributed by atoms with E-state index in [1.54, 1.807) is 0 Å². The van der Waals surface area contributed by atoms with E-state index < -0.39 is 90.7 Å². The lowest BCUT2D eigenvalue weighted by atomic mass is 9.87. The zero-order valence-corrected chi connectivity index (χ0v) is 35.1. The Morgan fingerprint density at radius 3 is 2.38 bits per heavy atom. The smallest absolute Gasteiger partial charge is 0.393 e. The molecule has 2 aromatic heterocycles. The van der Waals surface area contributed by atoms with Gasteiger partial charge in [0.05, 0.1) is 25.6 Å². The molecule has 330 valence electrons. The van der Waals surface area contributed by atoms with Crippen LogP contribution in [-0.2, 0) is 50.7 Å². The fourth-order valence-corrected chi connectivity index (χ4v) is 8.88. The fourth-order valence-electron chi connectivity index (χ4n) is 5.33. The summed E-state index contributed by atoms with van der Waals surface area (Å²) >= 11 is 1.05. The van der Waals surface area contributed by atoms with Crippen molar-refractivity contribution in [3.63, 3.8) is 0 Å². The number of carbonyl (C=O) groups is 3. The van der Waals surface area contributed by atoms with E-state index in [0.717, 1.165) is 35.4 Å². The van der Waals surface area contributed by atoms with Gasteiger partial charge >= 0.3 is 23.5 Å². The molecule has 0 spiro atoms. The number of hydrogen-bond donors (Lipinski definition) is 10. The number of fused-ring (bicyclic) bond motifs is 1. The number of ether oxygens (including phenoxy) is 1. The highest BCUT2D eigenvalue weighted by Crippen LogP contribution is 2.61. The summed E-state index contributed by atoms with van der Waals surface area (Å²) in [4.78, 5) is 87.6. The summed E-state index contributed by atoms with van der Waals surface area (Å²) < 4.78 is 62.1. The van der Waals surface area contributed by atoms with Crippen LogP contribution in [-0.4, -0.2) is 134 Å². The molecule has 1 aliphatic heterocycles. The lowest BCUT2D eigenvalue weighted by Crippen LogP contribution is -2.46. The highest BCUT2D eigenvalue weighted by molar-refractivity contribution is 8.13. The number of phosphoric acid groups is 3. The molecule has 2 aromatic rings. The molecule has 2 amide bonds. The molecule has 0 radical (unpaired) electrons. The maximum absolute atomic E-state index is 12.7. The van der Waals surface area contributed by atoms with E-state index in [9.17, 15) is 63.0 Å². The molecule has 1 aliphatic rings.